The first kappa shape index (κ1) is 10.2. The Kier molecular flexibility index (Phi) is 2.71. The van der Waals surface area contributed by atoms with Crippen LogP contribution < -0.4 is 0 Å². The Morgan fingerprint density at radius 3 is 2.38 bits per heavy atom. The molecule has 1 N–H and O–H groups in total. The van der Waals surface area contributed by atoms with Gasteiger partial charge in [0.15, 0.2) is 0 Å². The molecule has 1 heterocycles. The fraction of sp³-hybridized carbons (Fsp3) is 0.545. The van der Waals surface area contributed by atoms with Gasteiger partial charge in [-0.1, -0.05) is 26.8 Å². The average Bonchev–Trinajstić information content (AvgIpc) is 2.01. The van der Waals surface area contributed by atoms with Gasteiger partial charge in [0.1, 0.15) is 6.10 Å². The lowest BCUT2D eigenvalue weighted by atomic mass is 9.87. The minimum atomic E-state index is -0.493. The SMILES string of the molecule is Cc1cccc([C@H](O)C(C)(C)C)n1. The Morgan fingerprint density at radius 1 is 1.31 bits per heavy atom. The lowest BCUT2D eigenvalue weighted by Gasteiger charge is -2.25. The zero-order chi connectivity index (χ0) is 10.1. The summed E-state index contributed by atoms with van der Waals surface area (Å²) in [6, 6.07) is 5.72. The van der Waals surface area contributed by atoms with Crippen molar-refractivity contribution in [2.24, 2.45) is 5.41 Å². The van der Waals surface area contributed by atoms with E-state index in [-0.39, 0.29) is 5.41 Å². The molecular formula is C11H17NO. The van der Waals surface area contributed by atoms with Crippen LogP contribution in [0.25, 0.3) is 0 Å². The third kappa shape index (κ3) is 2.52. The van der Waals surface area contributed by atoms with Gasteiger partial charge in [-0.2, -0.15) is 0 Å². The van der Waals surface area contributed by atoms with Crippen molar-refractivity contribution >= 4 is 0 Å². The third-order valence-corrected chi connectivity index (χ3v) is 2.01. The number of rotatable bonds is 1. The molecule has 0 aliphatic heterocycles. The van der Waals surface area contributed by atoms with Gasteiger partial charge in [-0.15, -0.1) is 0 Å². The molecule has 0 radical (unpaired) electrons. The van der Waals surface area contributed by atoms with Crippen molar-refractivity contribution < 1.29 is 5.11 Å². The normalized spacial score (nSPS) is 14.2. The summed E-state index contributed by atoms with van der Waals surface area (Å²) in [5.41, 5.74) is 1.55. The molecule has 0 saturated heterocycles. The molecule has 13 heavy (non-hydrogen) atoms. The Morgan fingerprint density at radius 2 is 1.92 bits per heavy atom. The summed E-state index contributed by atoms with van der Waals surface area (Å²) in [6.07, 6.45) is -0.493. The quantitative estimate of drug-likeness (QED) is 0.718. The summed E-state index contributed by atoms with van der Waals surface area (Å²) in [7, 11) is 0. The largest absolute Gasteiger partial charge is 0.386 e. The highest BCUT2D eigenvalue weighted by Gasteiger charge is 2.24. The van der Waals surface area contributed by atoms with Crippen molar-refractivity contribution in [2.45, 2.75) is 33.8 Å². The van der Waals surface area contributed by atoms with Crippen molar-refractivity contribution in [3.63, 3.8) is 0 Å². The van der Waals surface area contributed by atoms with E-state index in [0.29, 0.717) is 0 Å². The van der Waals surface area contributed by atoms with Gasteiger partial charge in [0, 0.05) is 5.69 Å². The molecule has 0 bridgehead atoms. The van der Waals surface area contributed by atoms with Gasteiger partial charge in [-0.05, 0) is 24.5 Å². The predicted octanol–water partition coefficient (Wildman–Crippen LogP) is 2.47. The van der Waals surface area contributed by atoms with Crippen LogP contribution in [0.4, 0.5) is 0 Å². The van der Waals surface area contributed by atoms with E-state index in [1.807, 2.05) is 45.9 Å². The van der Waals surface area contributed by atoms with Gasteiger partial charge in [-0.25, -0.2) is 0 Å². The van der Waals surface area contributed by atoms with Gasteiger partial charge < -0.3 is 5.11 Å². The van der Waals surface area contributed by atoms with E-state index < -0.39 is 6.10 Å². The van der Waals surface area contributed by atoms with Crippen LogP contribution in [-0.4, -0.2) is 10.1 Å². The van der Waals surface area contributed by atoms with Crippen molar-refractivity contribution in [1.82, 2.24) is 4.98 Å². The van der Waals surface area contributed by atoms with Gasteiger partial charge in [0.25, 0.3) is 0 Å². The van der Waals surface area contributed by atoms with E-state index in [1.54, 1.807) is 0 Å². The van der Waals surface area contributed by atoms with E-state index in [1.165, 1.54) is 0 Å². The number of pyridine rings is 1. The van der Waals surface area contributed by atoms with Crippen molar-refractivity contribution in [3.8, 4) is 0 Å². The molecule has 0 aliphatic carbocycles. The zero-order valence-electron chi connectivity index (χ0n) is 8.70. The molecule has 2 heteroatoms. The van der Waals surface area contributed by atoms with E-state index in [0.717, 1.165) is 11.4 Å². The van der Waals surface area contributed by atoms with Crippen LogP contribution in [0.3, 0.4) is 0 Å². The molecule has 0 aliphatic rings. The summed E-state index contributed by atoms with van der Waals surface area (Å²) < 4.78 is 0. The van der Waals surface area contributed by atoms with Gasteiger partial charge in [0.05, 0.1) is 5.69 Å². The summed E-state index contributed by atoms with van der Waals surface area (Å²) in [5.74, 6) is 0. The number of aryl methyl sites for hydroxylation is 1. The molecule has 72 valence electrons. The second-order valence-corrected chi connectivity index (χ2v) is 4.47. The summed E-state index contributed by atoms with van der Waals surface area (Å²) in [6.45, 7) is 7.93. The highest BCUT2D eigenvalue weighted by molar-refractivity contribution is 5.13. The van der Waals surface area contributed by atoms with Gasteiger partial charge in [-0.3, -0.25) is 4.98 Å². The second kappa shape index (κ2) is 3.46. The molecule has 0 saturated carbocycles. The summed E-state index contributed by atoms with van der Waals surface area (Å²) >= 11 is 0. The van der Waals surface area contributed by atoms with Crippen molar-refractivity contribution in [2.75, 3.05) is 0 Å². The molecule has 1 rings (SSSR count). The molecule has 1 aromatic rings. The highest BCUT2D eigenvalue weighted by atomic mass is 16.3. The Bertz CT molecular complexity index is 288. The first-order valence-corrected chi connectivity index (χ1v) is 4.53. The van der Waals surface area contributed by atoms with Crippen LogP contribution in [0.15, 0.2) is 18.2 Å². The number of aliphatic hydroxyl groups is 1. The molecule has 1 atom stereocenters. The van der Waals surface area contributed by atoms with E-state index in [4.69, 9.17) is 0 Å². The van der Waals surface area contributed by atoms with Crippen molar-refractivity contribution in [1.29, 1.82) is 0 Å². The molecule has 0 unspecified atom stereocenters. The van der Waals surface area contributed by atoms with Crippen LogP contribution in [0.1, 0.15) is 38.3 Å². The van der Waals surface area contributed by atoms with Crippen molar-refractivity contribution in [3.05, 3.63) is 29.6 Å². The fourth-order valence-corrected chi connectivity index (χ4v) is 1.16. The van der Waals surface area contributed by atoms with Crippen LogP contribution in [-0.2, 0) is 0 Å². The van der Waals surface area contributed by atoms with Crippen LogP contribution >= 0.6 is 0 Å². The molecular weight excluding hydrogens is 162 g/mol. The Balaban J connectivity index is 2.96. The minimum Gasteiger partial charge on any atom is -0.386 e. The van der Waals surface area contributed by atoms with E-state index >= 15 is 0 Å². The zero-order valence-corrected chi connectivity index (χ0v) is 8.70. The molecule has 0 aromatic carbocycles. The minimum absolute atomic E-state index is 0.152. The fourth-order valence-electron chi connectivity index (χ4n) is 1.16. The number of hydrogen-bond donors (Lipinski definition) is 1. The monoisotopic (exact) mass is 179 g/mol. The molecule has 0 amide bonds. The number of aliphatic hydroxyl groups excluding tert-OH is 1. The molecule has 2 nitrogen and oxygen atoms in total. The Labute approximate surface area is 79.6 Å². The molecule has 0 fully saturated rings. The lowest BCUT2D eigenvalue weighted by Crippen LogP contribution is -2.19. The van der Waals surface area contributed by atoms with E-state index in [9.17, 15) is 5.11 Å². The number of hydrogen-bond acceptors (Lipinski definition) is 2. The van der Waals surface area contributed by atoms with Crippen LogP contribution in [0.2, 0.25) is 0 Å². The maximum atomic E-state index is 9.92. The first-order chi connectivity index (χ1) is 5.91. The number of nitrogens with zero attached hydrogens (tertiary/aromatic N) is 1. The van der Waals surface area contributed by atoms with Crippen LogP contribution in [0.5, 0.6) is 0 Å². The summed E-state index contributed by atoms with van der Waals surface area (Å²) in [4.78, 5) is 4.29. The maximum Gasteiger partial charge on any atom is 0.101 e. The smallest absolute Gasteiger partial charge is 0.101 e. The first-order valence-electron chi connectivity index (χ1n) is 4.53. The second-order valence-electron chi connectivity index (χ2n) is 4.47. The van der Waals surface area contributed by atoms with Gasteiger partial charge in [0.2, 0.25) is 0 Å². The van der Waals surface area contributed by atoms with E-state index in [2.05, 4.69) is 4.98 Å². The number of aromatic nitrogens is 1. The third-order valence-electron chi connectivity index (χ3n) is 2.01. The average molecular weight is 179 g/mol. The predicted molar refractivity (Wildman–Crippen MR) is 53.4 cm³/mol. The lowest BCUT2D eigenvalue weighted by molar-refractivity contribution is 0.0588. The highest BCUT2D eigenvalue weighted by Crippen LogP contribution is 2.31. The standard InChI is InChI=1S/C11H17NO/c1-8-6-5-7-9(12-8)10(13)11(2,3)4/h5-7,10,13H,1-4H3/t10-/m0/s1. The van der Waals surface area contributed by atoms with Gasteiger partial charge >= 0.3 is 0 Å². The molecule has 0 spiro atoms. The topological polar surface area (TPSA) is 33.1 Å². The maximum absolute atomic E-state index is 9.92. The summed E-state index contributed by atoms with van der Waals surface area (Å²) in [5, 5.41) is 9.92. The molecule has 1 aromatic heterocycles. The Hall–Kier alpha value is -0.890. The van der Waals surface area contributed by atoms with Crippen LogP contribution in [0, 0.1) is 12.3 Å².